The van der Waals surface area contributed by atoms with Gasteiger partial charge in [-0.1, -0.05) is 18.2 Å². The predicted octanol–water partition coefficient (Wildman–Crippen LogP) is 3.50. The van der Waals surface area contributed by atoms with Gasteiger partial charge >= 0.3 is 0 Å². The highest BCUT2D eigenvalue weighted by Gasteiger charge is 2.38. The van der Waals surface area contributed by atoms with E-state index in [0.717, 1.165) is 12.1 Å². The average Bonchev–Trinajstić information content (AvgIpc) is 2.81. The lowest BCUT2D eigenvalue weighted by atomic mass is 9.82. The fourth-order valence-electron chi connectivity index (χ4n) is 4.85. The van der Waals surface area contributed by atoms with Gasteiger partial charge in [-0.05, 0) is 54.8 Å². The molecule has 2 bridgehead atoms. The lowest BCUT2D eigenvalue weighted by Crippen LogP contribution is -2.49. The third kappa shape index (κ3) is 3.70. The molecule has 3 heterocycles. The zero-order valence-electron chi connectivity index (χ0n) is 17.3. The van der Waals surface area contributed by atoms with Crippen LogP contribution in [0.3, 0.4) is 0 Å². The molecule has 2 atom stereocenters. The average molecular weight is 431 g/mol. The smallest absolute Gasteiger partial charge is 0.255 e. The van der Waals surface area contributed by atoms with Crippen LogP contribution in [0, 0.1) is 11.7 Å². The molecule has 0 spiro atoms. The number of carbonyl (C=O) groups excluding carboxylic acids is 2. The van der Waals surface area contributed by atoms with Gasteiger partial charge in [-0.2, -0.15) is 0 Å². The lowest BCUT2D eigenvalue weighted by molar-refractivity contribution is 0.0595. The molecule has 3 aromatic rings. The summed E-state index contributed by atoms with van der Waals surface area (Å²) < 4.78 is 15.0. The van der Waals surface area contributed by atoms with Crippen molar-refractivity contribution < 1.29 is 14.0 Å². The van der Waals surface area contributed by atoms with Gasteiger partial charge in [0.05, 0.1) is 5.69 Å². The molecule has 2 unspecified atom stereocenters. The number of aromatic nitrogens is 1. The van der Waals surface area contributed by atoms with E-state index in [0.29, 0.717) is 36.4 Å². The number of amides is 2. The van der Waals surface area contributed by atoms with Crippen LogP contribution in [0.2, 0.25) is 0 Å². The van der Waals surface area contributed by atoms with E-state index in [1.807, 2.05) is 6.07 Å². The van der Waals surface area contributed by atoms with Crippen LogP contribution in [0.1, 0.15) is 38.7 Å². The molecule has 1 fully saturated rings. The SMILES string of the molecule is O=C(Nc1ccc(=O)n2c1C1CC(CN(C(=O)c3ccc(F)cc3)C1)C2)c1ccccc1. The molecule has 32 heavy (non-hydrogen) atoms. The van der Waals surface area contributed by atoms with Crippen LogP contribution in [-0.4, -0.2) is 34.4 Å². The first-order valence-electron chi connectivity index (χ1n) is 10.6. The number of benzene rings is 2. The van der Waals surface area contributed by atoms with Crippen LogP contribution in [0.4, 0.5) is 10.1 Å². The molecule has 2 aromatic carbocycles. The summed E-state index contributed by atoms with van der Waals surface area (Å²) in [5.41, 5.74) is 2.22. The van der Waals surface area contributed by atoms with Crippen LogP contribution < -0.4 is 10.9 Å². The van der Waals surface area contributed by atoms with E-state index in [2.05, 4.69) is 5.32 Å². The van der Waals surface area contributed by atoms with Crippen LogP contribution in [0.15, 0.2) is 71.5 Å². The number of likely N-dealkylation sites (tertiary alicyclic amines) is 1. The van der Waals surface area contributed by atoms with Gasteiger partial charge in [-0.25, -0.2) is 4.39 Å². The first-order valence-corrected chi connectivity index (χ1v) is 10.6. The number of halogens is 1. The van der Waals surface area contributed by atoms with Crippen LogP contribution in [0.5, 0.6) is 0 Å². The minimum atomic E-state index is -0.385. The first-order chi connectivity index (χ1) is 15.5. The van der Waals surface area contributed by atoms with Crippen LogP contribution in [-0.2, 0) is 6.54 Å². The van der Waals surface area contributed by atoms with Crippen molar-refractivity contribution in [1.82, 2.24) is 9.47 Å². The van der Waals surface area contributed by atoms with Crippen LogP contribution in [0.25, 0.3) is 0 Å². The van der Waals surface area contributed by atoms with Crippen molar-refractivity contribution in [2.75, 3.05) is 18.4 Å². The maximum absolute atomic E-state index is 13.3. The summed E-state index contributed by atoms with van der Waals surface area (Å²) in [6.45, 7) is 1.47. The highest BCUT2D eigenvalue weighted by atomic mass is 19.1. The van der Waals surface area contributed by atoms with E-state index in [1.165, 1.54) is 30.3 Å². The molecule has 2 aliphatic heterocycles. The zero-order chi connectivity index (χ0) is 22.2. The Morgan fingerprint density at radius 2 is 1.62 bits per heavy atom. The van der Waals surface area contributed by atoms with Crippen LogP contribution >= 0.6 is 0 Å². The maximum atomic E-state index is 13.3. The Labute approximate surface area is 184 Å². The molecule has 162 valence electrons. The fraction of sp³-hybridized carbons (Fsp3) is 0.240. The largest absolute Gasteiger partial charge is 0.338 e. The van der Waals surface area contributed by atoms with Gasteiger partial charge < -0.3 is 14.8 Å². The number of hydrogen-bond acceptors (Lipinski definition) is 3. The van der Waals surface area contributed by atoms with Crippen molar-refractivity contribution >= 4 is 17.5 Å². The van der Waals surface area contributed by atoms with Crippen molar-refractivity contribution in [3.8, 4) is 0 Å². The number of nitrogens with one attached hydrogen (secondary N) is 1. The van der Waals surface area contributed by atoms with Gasteiger partial charge in [-0.15, -0.1) is 0 Å². The molecule has 7 heteroatoms. The normalized spacial score (nSPS) is 19.2. The third-order valence-electron chi connectivity index (χ3n) is 6.25. The van der Waals surface area contributed by atoms with Gasteiger partial charge in [-0.3, -0.25) is 14.4 Å². The topological polar surface area (TPSA) is 71.4 Å². The number of rotatable bonds is 3. The second kappa shape index (κ2) is 8.07. The number of piperidine rings is 1. The number of fused-ring (bicyclic) bond motifs is 4. The minimum Gasteiger partial charge on any atom is -0.338 e. The molecule has 1 saturated heterocycles. The van der Waals surface area contributed by atoms with E-state index >= 15 is 0 Å². The second-order valence-corrected chi connectivity index (χ2v) is 8.42. The number of pyridine rings is 1. The summed E-state index contributed by atoms with van der Waals surface area (Å²) in [6, 6.07) is 17.6. The predicted molar refractivity (Wildman–Crippen MR) is 118 cm³/mol. The quantitative estimate of drug-likeness (QED) is 0.690. The Bertz CT molecular complexity index is 1240. The first kappa shape index (κ1) is 20.2. The summed E-state index contributed by atoms with van der Waals surface area (Å²) in [5.74, 6) is -0.718. The third-order valence-corrected chi connectivity index (χ3v) is 6.25. The number of anilines is 1. The van der Waals surface area contributed by atoms with Crippen molar-refractivity contribution in [1.29, 1.82) is 0 Å². The summed E-state index contributed by atoms with van der Waals surface area (Å²) in [7, 11) is 0. The molecule has 0 aliphatic carbocycles. The maximum Gasteiger partial charge on any atom is 0.255 e. The molecular weight excluding hydrogens is 409 g/mol. The molecule has 5 rings (SSSR count). The Balaban J connectivity index is 1.45. The van der Waals surface area contributed by atoms with Gasteiger partial charge in [0.15, 0.2) is 0 Å². The highest BCUT2D eigenvalue weighted by Crippen LogP contribution is 2.39. The van der Waals surface area contributed by atoms with Gasteiger partial charge in [0.25, 0.3) is 17.4 Å². The van der Waals surface area contributed by atoms with Gasteiger partial charge in [0, 0.05) is 48.4 Å². The number of hydrogen-bond donors (Lipinski definition) is 1. The van der Waals surface area contributed by atoms with E-state index in [-0.39, 0.29) is 35.0 Å². The molecule has 2 aliphatic rings. The van der Waals surface area contributed by atoms with Crippen molar-refractivity contribution in [3.63, 3.8) is 0 Å². The van der Waals surface area contributed by atoms with Crippen molar-refractivity contribution in [2.45, 2.75) is 18.9 Å². The highest BCUT2D eigenvalue weighted by molar-refractivity contribution is 6.04. The molecule has 2 amide bonds. The fourth-order valence-corrected chi connectivity index (χ4v) is 4.85. The lowest BCUT2D eigenvalue weighted by Gasteiger charge is -2.43. The van der Waals surface area contributed by atoms with E-state index < -0.39 is 0 Å². The molecule has 1 aromatic heterocycles. The number of nitrogens with zero attached hydrogens (tertiary/aromatic N) is 2. The summed E-state index contributed by atoms with van der Waals surface area (Å²) in [5, 5.41) is 2.96. The van der Waals surface area contributed by atoms with Crippen molar-refractivity contribution in [3.05, 3.63) is 99.7 Å². The van der Waals surface area contributed by atoms with E-state index in [1.54, 1.807) is 39.8 Å². The molecule has 6 nitrogen and oxygen atoms in total. The standard InChI is InChI=1S/C25H22FN3O3/c26-20-8-6-18(7-9-20)25(32)28-13-16-12-19(15-28)23-21(10-11-22(30)29(23)14-16)27-24(31)17-4-2-1-3-5-17/h1-11,16,19H,12-15H2,(H,27,31). The second-order valence-electron chi connectivity index (χ2n) is 8.42. The Hall–Kier alpha value is -3.74. The summed E-state index contributed by atoms with van der Waals surface area (Å²) in [4.78, 5) is 40.2. The van der Waals surface area contributed by atoms with E-state index in [4.69, 9.17) is 0 Å². The van der Waals surface area contributed by atoms with Gasteiger partial charge in [0.1, 0.15) is 5.82 Å². The molecule has 0 radical (unpaired) electrons. The van der Waals surface area contributed by atoms with E-state index in [9.17, 15) is 18.8 Å². The molecular formula is C25H22FN3O3. The zero-order valence-corrected chi connectivity index (χ0v) is 17.3. The Morgan fingerprint density at radius 3 is 2.38 bits per heavy atom. The summed E-state index contributed by atoms with van der Waals surface area (Å²) >= 11 is 0. The number of carbonyl (C=O) groups is 2. The summed E-state index contributed by atoms with van der Waals surface area (Å²) in [6.07, 6.45) is 0.838. The Morgan fingerprint density at radius 1 is 0.875 bits per heavy atom. The molecule has 0 saturated carbocycles. The minimum absolute atomic E-state index is 0.0770. The molecule has 1 N–H and O–H groups in total. The Kier molecular flexibility index (Phi) is 5.09. The van der Waals surface area contributed by atoms with Crippen molar-refractivity contribution in [2.24, 2.45) is 5.92 Å². The van der Waals surface area contributed by atoms with Gasteiger partial charge in [0.2, 0.25) is 0 Å². The monoisotopic (exact) mass is 431 g/mol.